The molecule has 212 valence electrons. The van der Waals surface area contributed by atoms with Crippen LogP contribution >= 0.6 is 11.3 Å². The van der Waals surface area contributed by atoms with E-state index in [1.165, 1.54) is 59.2 Å². The smallest absolute Gasteiger partial charge is 0.343 e. The van der Waals surface area contributed by atoms with Crippen LogP contribution < -0.4 is 19.6 Å². The van der Waals surface area contributed by atoms with Gasteiger partial charge in [0.15, 0.2) is 4.80 Å². The Bertz CT molecular complexity index is 1930. The molecule has 0 spiro atoms. The molecule has 5 rings (SSSR count). The van der Waals surface area contributed by atoms with Crippen LogP contribution in [0.5, 0.6) is 5.75 Å². The number of fused-ring (bicyclic) bond motifs is 1. The predicted octanol–water partition coefficient (Wildman–Crippen LogP) is 4.06. The SMILES string of the molecule is CCOC(=O)C1=C(C)N=c2s/c(=C\c3ccc(OC(=O)c4cccc([N+](=O)[O-])c4)cc3)c(=O)n2[C@@H]1c1ccc(F)cc1. The summed E-state index contributed by atoms with van der Waals surface area (Å²) in [5.41, 5.74) is 1.13. The van der Waals surface area contributed by atoms with Crippen molar-refractivity contribution in [1.82, 2.24) is 4.57 Å². The van der Waals surface area contributed by atoms with Crippen LogP contribution in [-0.2, 0) is 9.53 Å². The monoisotopic (exact) mass is 587 g/mol. The fraction of sp³-hybridized carbons (Fsp3) is 0.133. The van der Waals surface area contributed by atoms with Gasteiger partial charge in [-0.3, -0.25) is 19.5 Å². The Morgan fingerprint density at radius 2 is 1.81 bits per heavy atom. The Morgan fingerprint density at radius 3 is 2.48 bits per heavy atom. The maximum Gasteiger partial charge on any atom is 0.343 e. The molecule has 0 unspecified atom stereocenters. The fourth-order valence-corrected chi connectivity index (χ4v) is 5.49. The van der Waals surface area contributed by atoms with Gasteiger partial charge in [0, 0.05) is 12.1 Å². The molecule has 10 nitrogen and oxygen atoms in total. The third kappa shape index (κ3) is 5.65. The number of nitrogens with zero attached hydrogens (tertiary/aromatic N) is 3. The zero-order valence-corrected chi connectivity index (χ0v) is 23.1. The molecule has 1 aliphatic rings. The first-order chi connectivity index (χ1) is 20.2. The maximum atomic E-state index is 13.7. The number of allylic oxidation sites excluding steroid dienone is 1. The van der Waals surface area contributed by atoms with E-state index in [1.807, 2.05) is 0 Å². The Balaban J connectivity index is 1.48. The molecular formula is C30H22FN3O7S. The normalized spacial score (nSPS) is 14.6. The van der Waals surface area contributed by atoms with E-state index >= 15 is 0 Å². The first-order valence-corrected chi connectivity index (χ1v) is 13.5. The highest BCUT2D eigenvalue weighted by molar-refractivity contribution is 7.07. The lowest BCUT2D eigenvalue weighted by Gasteiger charge is -2.24. The average Bonchev–Trinajstić information content (AvgIpc) is 3.27. The second-order valence-electron chi connectivity index (χ2n) is 9.12. The molecule has 42 heavy (non-hydrogen) atoms. The first kappa shape index (κ1) is 28.3. The fourth-order valence-electron chi connectivity index (χ4n) is 4.45. The number of halogens is 1. The molecule has 0 amide bonds. The van der Waals surface area contributed by atoms with Crippen molar-refractivity contribution >= 4 is 35.0 Å². The van der Waals surface area contributed by atoms with Gasteiger partial charge < -0.3 is 9.47 Å². The molecule has 3 aromatic carbocycles. The molecular weight excluding hydrogens is 565 g/mol. The van der Waals surface area contributed by atoms with Gasteiger partial charge in [0.25, 0.3) is 11.2 Å². The number of nitro groups is 1. The van der Waals surface area contributed by atoms with E-state index < -0.39 is 34.3 Å². The number of thiazole rings is 1. The van der Waals surface area contributed by atoms with Gasteiger partial charge in [0.1, 0.15) is 11.6 Å². The summed E-state index contributed by atoms with van der Waals surface area (Å²) >= 11 is 1.13. The second kappa shape index (κ2) is 11.7. The highest BCUT2D eigenvalue weighted by atomic mass is 32.1. The molecule has 0 fully saturated rings. The van der Waals surface area contributed by atoms with E-state index in [-0.39, 0.29) is 29.2 Å². The summed E-state index contributed by atoms with van der Waals surface area (Å²) in [5, 5.41) is 11.0. The number of rotatable bonds is 7. The van der Waals surface area contributed by atoms with Crippen LogP contribution in [0.3, 0.4) is 0 Å². The van der Waals surface area contributed by atoms with Gasteiger partial charge in [-0.15, -0.1) is 0 Å². The molecule has 1 aliphatic heterocycles. The number of carbonyl (C=O) groups is 2. The Morgan fingerprint density at radius 1 is 1.10 bits per heavy atom. The van der Waals surface area contributed by atoms with Crippen LogP contribution in [0.2, 0.25) is 0 Å². The van der Waals surface area contributed by atoms with Gasteiger partial charge in [0.2, 0.25) is 0 Å². The molecule has 0 saturated carbocycles. The number of benzene rings is 3. The number of nitro benzene ring substituents is 1. The number of ether oxygens (including phenoxy) is 2. The molecule has 1 aromatic heterocycles. The number of hydrogen-bond acceptors (Lipinski definition) is 9. The maximum absolute atomic E-state index is 13.7. The lowest BCUT2D eigenvalue weighted by atomic mass is 9.96. The second-order valence-corrected chi connectivity index (χ2v) is 10.1. The lowest BCUT2D eigenvalue weighted by molar-refractivity contribution is -0.384. The number of aromatic nitrogens is 1. The van der Waals surface area contributed by atoms with Gasteiger partial charge in [-0.2, -0.15) is 0 Å². The van der Waals surface area contributed by atoms with Gasteiger partial charge in [-0.25, -0.2) is 19.0 Å². The summed E-state index contributed by atoms with van der Waals surface area (Å²) in [4.78, 5) is 54.3. The number of hydrogen-bond donors (Lipinski definition) is 0. The van der Waals surface area contributed by atoms with E-state index in [2.05, 4.69) is 4.99 Å². The molecule has 0 N–H and O–H groups in total. The average molecular weight is 588 g/mol. The number of non-ortho nitro benzene ring substituents is 1. The summed E-state index contributed by atoms with van der Waals surface area (Å²) in [7, 11) is 0. The summed E-state index contributed by atoms with van der Waals surface area (Å²) in [6.07, 6.45) is 1.64. The predicted molar refractivity (Wildman–Crippen MR) is 151 cm³/mol. The van der Waals surface area contributed by atoms with Crippen LogP contribution in [0.1, 0.15) is 41.4 Å². The van der Waals surface area contributed by atoms with Crippen molar-refractivity contribution in [3.05, 3.63) is 136 Å². The largest absolute Gasteiger partial charge is 0.463 e. The van der Waals surface area contributed by atoms with Gasteiger partial charge in [-0.05, 0) is 61.4 Å². The topological polar surface area (TPSA) is 130 Å². The third-order valence-corrected chi connectivity index (χ3v) is 7.37. The molecule has 0 bridgehead atoms. The number of esters is 2. The van der Waals surface area contributed by atoms with E-state index in [0.29, 0.717) is 26.2 Å². The van der Waals surface area contributed by atoms with Crippen LogP contribution in [0.4, 0.5) is 10.1 Å². The molecule has 0 radical (unpaired) electrons. The van der Waals surface area contributed by atoms with Crippen molar-refractivity contribution in [3.8, 4) is 5.75 Å². The Labute approximate surface area is 241 Å². The van der Waals surface area contributed by atoms with Crippen molar-refractivity contribution in [1.29, 1.82) is 0 Å². The van der Waals surface area contributed by atoms with Gasteiger partial charge in [0.05, 0.1) is 38.9 Å². The van der Waals surface area contributed by atoms with Crippen molar-refractivity contribution < 1.29 is 28.4 Å². The third-order valence-electron chi connectivity index (χ3n) is 6.38. The van der Waals surface area contributed by atoms with E-state index in [1.54, 1.807) is 32.1 Å². The standard InChI is InChI=1S/C30H22FN3O7S/c1-3-40-29(37)25-17(2)32-30-33(26(25)19-9-11-21(31)12-10-19)27(35)24(42-30)15-18-7-13-23(14-8-18)41-28(36)20-5-4-6-22(16-20)34(38)39/h4-16,26H,3H2,1-2H3/b24-15-/t26-/m1/s1. The summed E-state index contributed by atoms with van der Waals surface area (Å²) in [6, 6.07) is 16.2. The minimum Gasteiger partial charge on any atom is -0.463 e. The quantitative estimate of drug-likeness (QED) is 0.138. The van der Waals surface area contributed by atoms with Crippen molar-refractivity contribution in [2.75, 3.05) is 6.61 Å². The Kier molecular flexibility index (Phi) is 7.89. The van der Waals surface area contributed by atoms with Crippen LogP contribution in [0.25, 0.3) is 6.08 Å². The molecule has 0 saturated heterocycles. The number of carbonyl (C=O) groups excluding carboxylic acids is 2. The summed E-state index contributed by atoms with van der Waals surface area (Å²) in [5.74, 6) is -1.62. The Hall–Kier alpha value is -5.23. The van der Waals surface area contributed by atoms with E-state index in [0.717, 1.165) is 17.4 Å². The van der Waals surface area contributed by atoms with Gasteiger partial charge in [-0.1, -0.05) is 41.7 Å². The zero-order chi connectivity index (χ0) is 30.0. The summed E-state index contributed by atoms with van der Waals surface area (Å²) in [6.45, 7) is 3.47. The van der Waals surface area contributed by atoms with Gasteiger partial charge >= 0.3 is 11.9 Å². The van der Waals surface area contributed by atoms with Crippen molar-refractivity contribution in [2.45, 2.75) is 19.9 Å². The molecule has 12 heteroatoms. The molecule has 0 aliphatic carbocycles. The van der Waals surface area contributed by atoms with E-state index in [4.69, 9.17) is 9.47 Å². The summed E-state index contributed by atoms with van der Waals surface area (Å²) < 4.78 is 26.0. The van der Waals surface area contributed by atoms with Crippen molar-refractivity contribution in [3.63, 3.8) is 0 Å². The van der Waals surface area contributed by atoms with Crippen molar-refractivity contribution in [2.24, 2.45) is 4.99 Å². The molecule has 2 heterocycles. The molecule has 4 aromatic rings. The first-order valence-electron chi connectivity index (χ1n) is 12.7. The molecule has 1 atom stereocenters. The van der Waals surface area contributed by atoms with Crippen LogP contribution in [0.15, 0.2) is 93.9 Å². The van der Waals surface area contributed by atoms with Crippen LogP contribution in [-0.4, -0.2) is 28.0 Å². The zero-order valence-electron chi connectivity index (χ0n) is 22.3. The lowest BCUT2D eigenvalue weighted by Crippen LogP contribution is -2.39. The van der Waals surface area contributed by atoms with Crippen LogP contribution in [0, 0.1) is 15.9 Å². The minimum absolute atomic E-state index is 0.0302. The highest BCUT2D eigenvalue weighted by Crippen LogP contribution is 2.30. The highest BCUT2D eigenvalue weighted by Gasteiger charge is 2.33. The van der Waals surface area contributed by atoms with E-state index in [9.17, 15) is 28.9 Å². The minimum atomic E-state index is -0.862.